The van der Waals surface area contributed by atoms with Crippen molar-refractivity contribution < 1.29 is 13.2 Å². The first-order valence-electron chi connectivity index (χ1n) is 7.65. The molecule has 0 unspecified atom stereocenters. The van der Waals surface area contributed by atoms with E-state index in [1.54, 1.807) is 12.1 Å². The molecule has 0 N–H and O–H groups in total. The van der Waals surface area contributed by atoms with Gasteiger partial charge in [0.25, 0.3) is 0 Å². The summed E-state index contributed by atoms with van der Waals surface area (Å²) < 4.78 is 40.9. The van der Waals surface area contributed by atoms with Gasteiger partial charge in [0.15, 0.2) is 0 Å². The van der Waals surface area contributed by atoms with Crippen molar-refractivity contribution in [3.8, 4) is 0 Å². The average Bonchev–Trinajstić information content (AvgIpc) is 2.57. The molecule has 0 nitrogen and oxygen atoms in total. The second-order valence-corrected chi connectivity index (χ2v) is 6.65. The van der Waals surface area contributed by atoms with E-state index in [0.29, 0.717) is 16.2 Å². The highest BCUT2D eigenvalue weighted by Gasteiger charge is 2.38. The van der Waals surface area contributed by atoms with Crippen molar-refractivity contribution in [3.63, 3.8) is 0 Å². The quantitative estimate of drug-likeness (QED) is 0.511. The highest BCUT2D eigenvalue weighted by molar-refractivity contribution is 6.42. The second-order valence-electron chi connectivity index (χ2n) is 5.84. The Kier molecular flexibility index (Phi) is 4.99. The van der Waals surface area contributed by atoms with Gasteiger partial charge in [-0.15, -0.1) is 0 Å². The lowest BCUT2D eigenvalue weighted by Crippen LogP contribution is -2.17. The summed E-state index contributed by atoms with van der Waals surface area (Å²) in [5.74, 6) is 0. The summed E-state index contributed by atoms with van der Waals surface area (Å²) in [5, 5.41) is 0.530. The van der Waals surface area contributed by atoms with Crippen molar-refractivity contribution in [1.82, 2.24) is 0 Å². The number of allylic oxidation sites excluding steroid dienone is 4. The highest BCUT2D eigenvalue weighted by atomic mass is 35.5. The SMILES string of the molecule is Cc1ccc(C2=CC[CH]C(C(F)(F)F)=C2c2ccc(Cl)c(Cl)c2)cc1. The first kappa shape index (κ1) is 18.1. The predicted octanol–water partition coefficient (Wildman–Crippen LogP) is 7.31. The fourth-order valence-corrected chi connectivity index (χ4v) is 3.16. The molecule has 0 saturated heterocycles. The number of aryl methyl sites for hydroxylation is 1. The Bertz CT molecular complexity index is 860. The van der Waals surface area contributed by atoms with E-state index in [-0.39, 0.29) is 17.0 Å². The van der Waals surface area contributed by atoms with Gasteiger partial charge in [-0.2, -0.15) is 13.2 Å². The molecule has 5 heteroatoms. The zero-order valence-electron chi connectivity index (χ0n) is 13.3. The van der Waals surface area contributed by atoms with E-state index < -0.39 is 11.7 Å². The van der Waals surface area contributed by atoms with Crippen molar-refractivity contribution in [2.24, 2.45) is 0 Å². The van der Waals surface area contributed by atoms with E-state index in [1.165, 1.54) is 18.6 Å². The van der Waals surface area contributed by atoms with Crippen LogP contribution < -0.4 is 0 Å². The zero-order valence-corrected chi connectivity index (χ0v) is 14.8. The third-order valence-corrected chi connectivity index (χ3v) is 4.80. The van der Waals surface area contributed by atoms with Gasteiger partial charge in [0, 0.05) is 12.0 Å². The fraction of sp³-hybridized carbons (Fsp3) is 0.150. The lowest BCUT2D eigenvalue weighted by atomic mass is 9.82. The Balaban J connectivity index is 2.23. The minimum atomic E-state index is -4.45. The van der Waals surface area contributed by atoms with E-state index in [0.717, 1.165) is 11.1 Å². The number of benzene rings is 2. The third kappa shape index (κ3) is 3.78. The van der Waals surface area contributed by atoms with Gasteiger partial charge in [0.1, 0.15) is 0 Å². The minimum Gasteiger partial charge on any atom is -0.166 e. The molecule has 25 heavy (non-hydrogen) atoms. The van der Waals surface area contributed by atoms with Gasteiger partial charge in [-0.05, 0) is 47.8 Å². The van der Waals surface area contributed by atoms with Crippen LogP contribution in [0.15, 0.2) is 54.1 Å². The van der Waals surface area contributed by atoms with Crippen molar-refractivity contribution in [3.05, 3.63) is 87.3 Å². The summed E-state index contributed by atoms with van der Waals surface area (Å²) in [6.07, 6.45) is -1.22. The Hall–Kier alpha value is -1.71. The van der Waals surface area contributed by atoms with Gasteiger partial charge >= 0.3 is 6.18 Å². The van der Waals surface area contributed by atoms with E-state index in [1.807, 2.05) is 31.2 Å². The van der Waals surface area contributed by atoms with Gasteiger partial charge in [-0.3, -0.25) is 0 Å². The first-order chi connectivity index (χ1) is 11.8. The summed E-state index contributed by atoms with van der Waals surface area (Å²) in [5.41, 5.74) is 2.20. The monoisotopic (exact) mass is 381 g/mol. The second kappa shape index (κ2) is 6.89. The summed E-state index contributed by atoms with van der Waals surface area (Å²) in [6, 6.07) is 12.0. The van der Waals surface area contributed by atoms with Crippen LogP contribution in [0.1, 0.15) is 23.1 Å². The molecule has 2 aromatic carbocycles. The van der Waals surface area contributed by atoms with Gasteiger partial charge in [-0.1, -0.05) is 65.2 Å². The van der Waals surface area contributed by atoms with Crippen molar-refractivity contribution in [2.45, 2.75) is 19.5 Å². The Morgan fingerprint density at radius 1 is 0.880 bits per heavy atom. The van der Waals surface area contributed by atoms with E-state index in [4.69, 9.17) is 23.2 Å². The fourth-order valence-electron chi connectivity index (χ4n) is 2.86. The maximum atomic E-state index is 13.6. The molecule has 1 radical (unpaired) electrons. The van der Waals surface area contributed by atoms with Gasteiger partial charge in [-0.25, -0.2) is 0 Å². The number of hydrogen-bond donors (Lipinski definition) is 0. The van der Waals surface area contributed by atoms with Crippen LogP contribution in [0.4, 0.5) is 13.2 Å². The first-order valence-corrected chi connectivity index (χ1v) is 8.40. The molecule has 0 aliphatic heterocycles. The molecule has 3 rings (SSSR count). The van der Waals surface area contributed by atoms with Gasteiger partial charge in [0.05, 0.1) is 10.0 Å². The molecule has 0 fully saturated rings. The number of hydrogen-bond acceptors (Lipinski definition) is 0. The Morgan fingerprint density at radius 3 is 2.12 bits per heavy atom. The largest absolute Gasteiger partial charge is 0.413 e. The van der Waals surface area contributed by atoms with Crippen LogP contribution in [0.2, 0.25) is 10.0 Å². The van der Waals surface area contributed by atoms with E-state index >= 15 is 0 Å². The van der Waals surface area contributed by atoms with Crippen LogP contribution in [0.3, 0.4) is 0 Å². The molecule has 1 aliphatic rings. The molecule has 129 valence electrons. The summed E-state index contributed by atoms with van der Waals surface area (Å²) >= 11 is 12.0. The van der Waals surface area contributed by atoms with Gasteiger partial charge in [0.2, 0.25) is 0 Å². The van der Waals surface area contributed by atoms with Gasteiger partial charge < -0.3 is 0 Å². The summed E-state index contributed by atoms with van der Waals surface area (Å²) in [4.78, 5) is 0. The maximum absolute atomic E-state index is 13.6. The van der Waals surface area contributed by atoms with Crippen LogP contribution in [0, 0.1) is 13.3 Å². The molecular weight excluding hydrogens is 368 g/mol. The molecule has 0 spiro atoms. The highest BCUT2D eigenvalue weighted by Crippen LogP contribution is 2.45. The minimum absolute atomic E-state index is 0.126. The van der Waals surface area contributed by atoms with E-state index in [9.17, 15) is 13.2 Å². The van der Waals surface area contributed by atoms with E-state index in [2.05, 4.69) is 0 Å². The third-order valence-electron chi connectivity index (χ3n) is 4.06. The maximum Gasteiger partial charge on any atom is 0.413 e. The smallest absolute Gasteiger partial charge is 0.166 e. The number of halogens is 5. The lowest BCUT2D eigenvalue weighted by molar-refractivity contribution is -0.0893. The zero-order chi connectivity index (χ0) is 18.2. The normalized spacial score (nSPS) is 15.4. The molecular formula is C20H14Cl2F3. The molecule has 0 saturated carbocycles. The van der Waals surface area contributed by atoms with Crippen molar-refractivity contribution in [2.75, 3.05) is 0 Å². The molecule has 2 aromatic rings. The van der Waals surface area contributed by atoms with Crippen molar-refractivity contribution in [1.29, 1.82) is 0 Å². The number of rotatable bonds is 2. The lowest BCUT2D eigenvalue weighted by Gasteiger charge is -2.24. The molecule has 1 aliphatic carbocycles. The van der Waals surface area contributed by atoms with Crippen molar-refractivity contribution >= 4 is 34.3 Å². The molecule has 0 amide bonds. The topological polar surface area (TPSA) is 0 Å². The van der Waals surface area contributed by atoms with Crippen LogP contribution in [-0.2, 0) is 0 Å². The predicted molar refractivity (Wildman–Crippen MR) is 97.5 cm³/mol. The van der Waals surface area contributed by atoms with Crippen LogP contribution >= 0.6 is 23.2 Å². The van der Waals surface area contributed by atoms with Crippen LogP contribution in [0.5, 0.6) is 0 Å². The summed E-state index contributed by atoms with van der Waals surface area (Å²) in [6.45, 7) is 1.93. The van der Waals surface area contributed by atoms with Crippen LogP contribution in [0.25, 0.3) is 11.1 Å². The number of alkyl halides is 3. The Morgan fingerprint density at radius 2 is 1.52 bits per heavy atom. The Labute approximate surface area is 154 Å². The molecule has 0 heterocycles. The molecule has 0 bridgehead atoms. The van der Waals surface area contributed by atoms with Crippen LogP contribution in [-0.4, -0.2) is 6.18 Å². The average molecular weight is 382 g/mol. The standard InChI is InChI=1S/C20H14Cl2F3/c1-12-5-7-13(8-6-12)15-3-2-4-16(20(23,24)25)19(15)14-9-10-17(21)18(22)11-14/h3-11H,2H2,1H3. The summed E-state index contributed by atoms with van der Waals surface area (Å²) in [7, 11) is 0. The molecule has 0 atom stereocenters. The molecule has 0 aromatic heterocycles.